The lowest BCUT2D eigenvalue weighted by Crippen LogP contribution is -2.49. The second-order valence-electron chi connectivity index (χ2n) is 6.40. The maximum atomic E-state index is 12.2. The SMILES string of the molecule is CC1(O)CCCN(C(=O)CC2CCC(N)CC2)C1. The van der Waals surface area contributed by atoms with Gasteiger partial charge in [0.1, 0.15) is 0 Å². The molecule has 2 aliphatic rings. The Morgan fingerprint density at radius 2 is 2.06 bits per heavy atom. The third kappa shape index (κ3) is 3.69. The Morgan fingerprint density at radius 3 is 2.67 bits per heavy atom. The smallest absolute Gasteiger partial charge is 0.222 e. The number of rotatable bonds is 2. The molecule has 0 bridgehead atoms. The molecule has 0 aromatic carbocycles. The second kappa shape index (κ2) is 5.57. The highest BCUT2D eigenvalue weighted by atomic mass is 16.3. The molecular formula is C14H26N2O2. The third-order valence-corrected chi connectivity index (χ3v) is 4.38. The maximum Gasteiger partial charge on any atom is 0.222 e. The molecule has 0 spiro atoms. The summed E-state index contributed by atoms with van der Waals surface area (Å²) >= 11 is 0. The van der Waals surface area contributed by atoms with Crippen LogP contribution < -0.4 is 5.73 Å². The maximum absolute atomic E-state index is 12.2. The third-order valence-electron chi connectivity index (χ3n) is 4.38. The van der Waals surface area contributed by atoms with Crippen molar-refractivity contribution in [3.63, 3.8) is 0 Å². The fourth-order valence-electron chi connectivity index (χ4n) is 3.20. The van der Waals surface area contributed by atoms with Gasteiger partial charge < -0.3 is 15.7 Å². The predicted octanol–water partition coefficient (Wildman–Crippen LogP) is 1.27. The highest BCUT2D eigenvalue weighted by Crippen LogP contribution is 2.28. The van der Waals surface area contributed by atoms with Crippen LogP contribution in [0.5, 0.6) is 0 Å². The summed E-state index contributed by atoms with van der Waals surface area (Å²) in [6.07, 6.45) is 6.62. The molecule has 4 heteroatoms. The molecule has 0 aromatic rings. The summed E-state index contributed by atoms with van der Waals surface area (Å²) in [5.41, 5.74) is 5.19. The number of β-amino-alcohol motifs (C(OH)–C–C–N with tert-alkyl or cyclic N) is 1. The number of nitrogens with zero attached hydrogens (tertiary/aromatic N) is 1. The van der Waals surface area contributed by atoms with Gasteiger partial charge in [0.05, 0.1) is 5.60 Å². The topological polar surface area (TPSA) is 66.6 Å². The molecule has 1 atom stereocenters. The molecule has 0 aromatic heterocycles. The molecule has 104 valence electrons. The molecular weight excluding hydrogens is 228 g/mol. The highest BCUT2D eigenvalue weighted by molar-refractivity contribution is 5.76. The van der Waals surface area contributed by atoms with Crippen LogP contribution in [0, 0.1) is 5.92 Å². The first kappa shape index (κ1) is 13.8. The van der Waals surface area contributed by atoms with Crippen molar-refractivity contribution in [1.29, 1.82) is 0 Å². The van der Waals surface area contributed by atoms with Crippen molar-refractivity contribution in [1.82, 2.24) is 4.90 Å². The van der Waals surface area contributed by atoms with E-state index in [0.29, 0.717) is 24.9 Å². The van der Waals surface area contributed by atoms with E-state index in [-0.39, 0.29) is 5.91 Å². The quantitative estimate of drug-likeness (QED) is 0.780. The van der Waals surface area contributed by atoms with Crippen molar-refractivity contribution >= 4 is 5.91 Å². The zero-order valence-electron chi connectivity index (χ0n) is 11.4. The summed E-state index contributed by atoms with van der Waals surface area (Å²) in [7, 11) is 0. The van der Waals surface area contributed by atoms with E-state index in [1.807, 2.05) is 11.8 Å². The van der Waals surface area contributed by atoms with E-state index < -0.39 is 5.60 Å². The van der Waals surface area contributed by atoms with E-state index >= 15 is 0 Å². The highest BCUT2D eigenvalue weighted by Gasteiger charge is 2.32. The van der Waals surface area contributed by atoms with E-state index in [1.54, 1.807) is 0 Å². The molecule has 1 aliphatic heterocycles. The van der Waals surface area contributed by atoms with Gasteiger partial charge in [-0.25, -0.2) is 0 Å². The van der Waals surface area contributed by atoms with Crippen molar-refractivity contribution < 1.29 is 9.90 Å². The lowest BCUT2D eigenvalue weighted by atomic mass is 9.84. The first-order valence-electron chi connectivity index (χ1n) is 7.22. The number of aliphatic hydroxyl groups is 1. The average Bonchev–Trinajstić information content (AvgIpc) is 2.31. The van der Waals surface area contributed by atoms with Gasteiger partial charge in [0.15, 0.2) is 0 Å². The fraction of sp³-hybridized carbons (Fsp3) is 0.929. The minimum atomic E-state index is -0.692. The normalized spacial score (nSPS) is 37.6. The van der Waals surface area contributed by atoms with Crippen LogP contribution in [0.4, 0.5) is 0 Å². The van der Waals surface area contributed by atoms with Gasteiger partial charge >= 0.3 is 0 Å². The summed E-state index contributed by atoms with van der Waals surface area (Å²) in [6.45, 7) is 3.13. The molecule has 1 saturated carbocycles. The molecule has 18 heavy (non-hydrogen) atoms. The van der Waals surface area contributed by atoms with Crippen LogP contribution in [-0.2, 0) is 4.79 Å². The molecule has 4 nitrogen and oxygen atoms in total. The van der Waals surface area contributed by atoms with Gasteiger partial charge in [-0.2, -0.15) is 0 Å². The van der Waals surface area contributed by atoms with Crippen LogP contribution in [0.15, 0.2) is 0 Å². The molecule has 0 radical (unpaired) electrons. The monoisotopic (exact) mass is 254 g/mol. The number of amides is 1. The van der Waals surface area contributed by atoms with Crippen molar-refractivity contribution in [2.45, 2.75) is 63.5 Å². The van der Waals surface area contributed by atoms with E-state index in [4.69, 9.17) is 5.73 Å². The number of likely N-dealkylation sites (tertiary alicyclic amines) is 1. The van der Waals surface area contributed by atoms with Gasteiger partial charge in [0.25, 0.3) is 0 Å². The molecule has 1 aliphatic carbocycles. The molecule has 1 heterocycles. The zero-order valence-corrected chi connectivity index (χ0v) is 11.4. The number of nitrogens with two attached hydrogens (primary N) is 1. The average molecular weight is 254 g/mol. The number of piperidine rings is 1. The lowest BCUT2D eigenvalue weighted by molar-refractivity contribution is -0.138. The van der Waals surface area contributed by atoms with Gasteiger partial charge in [-0.15, -0.1) is 0 Å². The van der Waals surface area contributed by atoms with Crippen molar-refractivity contribution in [3.05, 3.63) is 0 Å². The molecule has 2 rings (SSSR count). The Bertz CT molecular complexity index is 296. The van der Waals surface area contributed by atoms with E-state index in [2.05, 4.69) is 0 Å². The van der Waals surface area contributed by atoms with Crippen LogP contribution in [0.3, 0.4) is 0 Å². The molecule has 2 fully saturated rings. The lowest BCUT2D eigenvalue weighted by Gasteiger charge is -2.38. The fourth-order valence-corrected chi connectivity index (χ4v) is 3.20. The summed E-state index contributed by atoms with van der Waals surface area (Å²) in [6, 6.07) is 0.340. The van der Waals surface area contributed by atoms with Crippen LogP contribution in [0.2, 0.25) is 0 Å². The van der Waals surface area contributed by atoms with E-state index in [1.165, 1.54) is 0 Å². The first-order chi connectivity index (χ1) is 8.46. The second-order valence-corrected chi connectivity index (χ2v) is 6.40. The van der Waals surface area contributed by atoms with Gasteiger partial charge in [0.2, 0.25) is 5.91 Å². The van der Waals surface area contributed by atoms with Crippen LogP contribution in [0.25, 0.3) is 0 Å². The molecule has 1 unspecified atom stereocenters. The molecule has 3 N–H and O–H groups in total. The van der Waals surface area contributed by atoms with Gasteiger partial charge in [-0.05, 0) is 51.4 Å². The van der Waals surface area contributed by atoms with Crippen molar-refractivity contribution in [2.75, 3.05) is 13.1 Å². The summed E-state index contributed by atoms with van der Waals surface area (Å²) in [5, 5.41) is 10.0. The Labute approximate surface area is 110 Å². The number of hydrogen-bond donors (Lipinski definition) is 2. The van der Waals surface area contributed by atoms with Crippen LogP contribution >= 0.6 is 0 Å². The minimum absolute atomic E-state index is 0.218. The summed E-state index contributed by atoms with van der Waals surface area (Å²) in [5.74, 6) is 0.722. The van der Waals surface area contributed by atoms with Crippen LogP contribution in [0.1, 0.15) is 51.9 Å². The number of carbonyl (C=O) groups excluding carboxylic acids is 1. The Kier molecular flexibility index (Phi) is 4.28. The van der Waals surface area contributed by atoms with E-state index in [0.717, 1.165) is 45.1 Å². The van der Waals surface area contributed by atoms with Gasteiger partial charge in [-0.3, -0.25) is 4.79 Å². The summed E-state index contributed by atoms with van der Waals surface area (Å²) in [4.78, 5) is 14.1. The van der Waals surface area contributed by atoms with Crippen molar-refractivity contribution in [3.8, 4) is 0 Å². The molecule has 1 amide bonds. The molecule has 1 saturated heterocycles. The van der Waals surface area contributed by atoms with Gasteiger partial charge in [0, 0.05) is 25.6 Å². The minimum Gasteiger partial charge on any atom is -0.388 e. The van der Waals surface area contributed by atoms with Crippen molar-refractivity contribution in [2.24, 2.45) is 11.7 Å². The Morgan fingerprint density at radius 1 is 1.39 bits per heavy atom. The van der Waals surface area contributed by atoms with E-state index in [9.17, 15) is 9.90 Å². The zero-order chi connectivity index (χ0) is 13.2. The Balaban J connectivity index is 1.80. The van der Waals surface area contributed by atoms with Crippen LogP contribution in [-0.4, -0.2) is 40.6 Å². The Hall–Kier alpha value is -0.610. The number of hydrogen-bond acceptors (Lipinski definition) is 3. The summed E-state index contributed by atoms with van der Waals surface area (Å²) < 4.78 is 0. The standard InChI is InChI=1S/C14H26N2O2/c1-14(18)7-2-8-16(10-14)13(17)9-11-3-5-12(15)6-4-11/h11-12,18H,2-10,15H2,1H3. The predicted molar refractivity (Wildman–Crippen MR) is 71.0 cm³/mol. The first-order valence-corrected chi connectivity index (χ1v) is 7.22. The van der Waals surface area contributed by atoms with Gasteiger partial charge in [-0.1, -0.05) is 0 Å². The number of carbonyl (C=O) groups is 1. The largest absolute Gasteiger partial charge is 0.388 e.